The lowest BCUT2D eigenvalue weighted by atomic mass is 10.1. The number of benzene rings is 1. The van der Waals surface area contributed by atoms with E-state index in [9.17, 15) is 19.3 Å². The molecule has 0 saturated carbocycles. The van der Waals surface area contributed by atoms with Gasteiger partial charge in [0.1, 0.15) is 5.82 Å². The molecule has 0 radical (unpaired) electrons. The number of hydrogen-bond donors (Lipinski definition) is 0. The number of rotatable bonds is 3. The van der Waals surface area contributed by atoms with Gasteiger partial charge in [0.2, 0.25) is 0 Å². The van der Waals surface area contributed by atoms with Gasteiger partial charge < -0.3 is 4.57 Å². The Bertz CT molecular complexity index is 695. The predicted octanol–water partition coefficient (Wildman–Crippen LogP) is 2.25. The molecular formula is C13H11FN2O3. The van der Waals surface area contributed by atoms with Crippen LogP contribution in [0.25, 0.3) is 0 Å². The predicted molar refractivity (Wildman–Crippen MR) is 67.6 cm³/mol. The molecule has 0 aliphatic heterocycles. The zero-order chi connectivity index (χ0) is 14.0. The van der Waals surface area contributed by atoms with Gasteiger partial charge >= 0.3 is 0 Å². The average molecular weight is 262 g/mol. The van der Waals surface area contributed by atoms with E-state index in [2.05, 4.69) is 0 Å². The van der Waals surface area contributed by atoms with Gasteiger partial charge in [0.15, 0.2) is 0 Å². The molecule has 0 aliphatic rings. The standard InChI is InChI=1S/C13H11FN2O3/c1-9-4-5-15(13(17)6-9)8-10-7-11(14)2-3-12(10)16(18)19/h2-7H,8H2,1H3. The zero-order valence-electron chi connectivity index (χ0n) is 10.2. The van der Waals surface area contributed by atoms with E-state index >= 15 is 0 Å². The Morgan fingerprint density at radius 2 is 2.05 bits per heavy atom. The van der Waals surface area contributed by atoms with Crippen molar-refractivity contribution in [1.82, 2.24) is 4.57 Å². The average Bonchev–Trinajstić information content (AvgIpc) is 2.32. The van der Waals surface area contributed by atoms with Gasteiger partial charge in [-0.05, 0) is 30.7 Å². The highest BCUT2D eigenvalue weighted by atomic mass is 19.1. The molecule has 1 aromatic carbocycles. The maximum Gasteiger partial charge on any atom is 0.274 e. The van der Waals surface area contributed by atoms with E-state index in [1.54, 1.807) is 13.0 Å². The maximum atomic E-state index is 13.2. The van der Waals surface area contributed by atoms with Crippen LogP contribution in [0.4, 0.5) is 10.1 Å². The molecule has 0 bridgehead atoms. The van der Waals surface area contributed by atoms with Crippen molar-refractivity contribution in [3.05, 3.63) is 73.9 Å². The van der Waals surface area contributed by atoms with E-state index < -0.39 is 10.7 Å². The Morgan fingerprint density at radius 3 is 2.68 bits per heavy atom. The van der Waals surface area contributed by atoms with Crippen molar-refractivity contribution < 1.29 is 9.31 Å². The lowest BCUT2D eigenvalue weighted by Gasteiger charge is -2.07. The second kappa shape index (κ2) is 5.01. The van der Waals surface area contributed by atoms with Gasteiger partial charge in [-0.15, -0.1) is 0 Å². The Hall–Kier alpha value is -2.50. The largest absolute Gasteiger partial charge is 0.311 e. The molecule has 2 aromatic rings. The van der Waals surface area contributed by atoms with Gasteiger partial charge in [-0.2, -0.15) is 0 Å². The van der Waals surface area contributed by atoms with Crippen LogP contribution in [-0.2, 0) is 6.54 Å². The summed E-state index contributed by atoms with van der Waals surface area (Å²) in [4.78, 5) is 22.0. The number of hydrogen-bond acceptors (Lipinski definition) is 3. The van der Waals surface area contributed by atoms with Crippen LogP contribution >= 0.6 is 0 Å². The Morgan fingerprint density at radius 1 is 1.32 bits per heavy atom. The first-order valence-electron chi connectivity index (χ1n) is 5.57. The summed E-state index contributed by atoms with van der Waals surface area (Å²) in [6.45, 7) is 1.74. The van der Waals surface area contributed by atoms with Crippen molar-refractivity contribution in [1.29, 1.82) is 0 Å². The smallest absolute Gasteiger partial charge is 0.274 e. The van der Waals surface area contributed by atoms with Crippen molar-refractivity contribution in [2.45, 2.75) is 13.5 Å². The molecular weight excluding hydrogens is 251 g/mol. The molecule has 1 aromatic heterocycles. The van der Waals surface area contributed by atoms with Crippen molar-refractivity contribution in [3.63, 3.8) is 0 Å². The molecule has 6 heteroatoms. The van der Waals surface area contributed by atoms with Crippen LogP contribution < -0.4 is 5.56 Å². The SMILES string of the molecule is Cc1ccn(Cc2cc(F)ccc2[N+](=O)[O-])c(=O)c1. The molecule has 2 rings (SSSR count). The van der Waals surface area contributed by atoms with Crippen LogP contribution in [0.15, 0.2) is 41.3 Å². The third kappa shape index (κ3) is 2.85. The Labute approximate surface area is 108 Å². The molecule has 0 spiro atoms. The van der Waals surface area contributed by atoms with Gasteiger partial charge in [-0.25, -0.2) is 4.39 Å². The van der Waals surface area contributed by atoms with Crippen LogP contribution in [0.2, 0.25) is 0 Å². The summed E-state index contributed by atoms with van der Waals surface area (Å²) in [5.41, 5.74) is 0.485. The molecule has 98 valence electrons. The van der Waals surface area contributed by atoms with Gasteiger partial charge in [-0.3, -0.25) is 14.9 Å². The number of aryl methyl sites for hydroxylation is 1. The highest BCUT2D eigenvalue weighted by molar-refractivity contribution is 5.40. The second-order valence-corrected chi connectivity index (χ2v) is 4.20. The normalized spacial score (nSPS) is 10.4. The monoisotopic (exact) mass is 262 g/mol. The molecule has 0 aliphatic carbocycles. The first kappa shape index (κ1) is 12.9. The number of aromatic nitrogens is 1. The molecule has 0 unspecified atom stereocenters. The molecule has 0 saturated heterocycles. The zero-order valence-corrected chi connectivity index (χ0v) is 10.2. The lowest BCUT2D eigenvalue weighted by Crippen LogP contribution is -2.19. The minimum absolute atomic E-state index is 0.0345. The molecule has 0 N–H and O–H groups in total. The third-order valence-electron chi connectivity index (χ3n) is 2.73. The summed E-state index contributed by atoms with van der Waals surface area (Å²) < 4.78 is 14.5. The van der Waals surface area contributed by atoms with E-state index in [1.807, 2.05) is 0 Å². The minimum atomic E-state index is -0.589. The number of halogens is 1. The minimum Gasteiger partial charge on any atom is -0.311 e. The fraction of sp³-hybridized carbons (Fsp3) is 0.154. The van der Waals surface area contributed by atoms with Gasteiger partial charge in [-0.1, -0.05) is 0 Å². The highest BCUT2D eigenvalue weighted by Gasteiger charge is 2.15. The summed E-state index contributed by atoms with van der Waals surface area (Å²) in [6, 6.07) is 6.34. The van der Waals surface area contributed by atoms with Gasteiger partial charge in [0.25, 0.3) is 11.2 Å². The summed E-state index contributed by atoms with van der Waals surface area (Å²) in [5.74, 6) is -0.569. The number of pyridine rings is 1. The van der Waals surface area contributed by atoms with Crippen molar-refractivity contribution >= 4 is 5.69 Å². The van der Waals surface area contributed by atoms with E-state index in [0.29, 0.717) is 0 Å². The first-order chi connectivity index (χ1) is 8.97. The van der Waals surface area contributed by atoms with E-state index in [1.165, 1.54) is 16.8 Å². The van der Waals surface area contributed by atoms with Gasteiger partial charge in [0.05, 0.1) is 17.0 Å². The third-order valence-corrected chi connectivity index (χ3v) is 2.73. The van der Waals surface area contributed by atoms with E-state index in [0.717, 1.165) is 23.8 Å². The van der Waals surface area contributed by atoms with Crippen molar-refractivity contribution in [2.24, 2.45) is 0 Å². The van der Waals surface area contributed by atoms with Crippen molar-refractivity contribution in [3.8, 4) is 0 Å². The number of nitro groups is 1. The van der Waals surface area contributed by atoms with Crippen molar-refractivity contribution in [2.75, 3.05) is 0 Å². The summed E-state index contributed by atoms with van der Waals surface area (Å²) in [5, 5.41) is 10.9. The maximum absolute atomic E-state index is 13.2. The topological polar surface area (TPSA) is 65.1 Å². The number of nitro benzene ring substituents is 1. The first-order valence-corrected chi connectivity index (χ1v) is 5.57. The molecule has 19 heavy (non-hydrogen) atoms. The van der Waals surface area contributed by atoms with Crippen LogP contribution in [0.1, 0.15) is 11.1 Å². The quantitative estimate of drug-likeness (QED) is 0.629. The Balaban J connectivity index is 2.45. The molecule has 5 nitrogen and oxygen atoms in total. The van der Waals surface area contributed by atoms with Crippen LogP contribution in [0, 0.1) is 22.9 Å². The molecule has 1 heterocycles. The van der Waals surface area contributed by atoms with Crippen LogP contribution in [0.3, 0.4) is 0 Å². The van der Waals surface area contributed by atoms with Crippen LogP contribution in [-0.4, -0.2) is 9.49 Å². The summed E-state index contributed by atoms with van der Waals surface area (Å²) in [7, 11) is 0. The van der Waals surface area contributed by atoms with E-state index in [4.69, 9.17) is 0 Å². The lowest BCUT2D eigenvalue weighted by molar-refractivity contribution is -0.385. The number of nitrogens with zero attached hydrogens (tertiary/aromatic N) is 2. The van der Waals surface area contributed by atoms with Gasteiger partial charge in [0, 0.05) is 18.3 Å². The Kier molecular flexibility index (Phi) is 3.41. The summed E-state index contributed by atoms with van der Waals surface area (Å²) in [6.07, 6.45) is 1.53. The van der Waals surface area contributed by atoms with Crippen LogP contribution in [0.5, 0.6) is 0 Å². The highest BCUT2D eigenvalue weighted by Crippen LogP contribution is 2.20. The summed E-state index contributed by atoms with van der Waals surface area (Å²) >= 11 is 0. The fourth-order valence-corrected chi connectivity index (χ4v) is 1.78. The van der Waals surface area contributed by atoms with E-state index in [-0.39, 0.29) is 23.4 Å². The molecule has 0 fully saturated rings. The fourth-order valence-electron chi connectivity index (χ4n) is 1.78. The second-order valence-electron chi connectivity index (χ2n) is 4.20. The molecule has 0 amide bonds. The molecule has 0 atom stereocenters.